The second-order valence-electron chi connectivity index (χ2n) is 7.99. The lowest BCUT2D eigenvalue weighted by molar-refractivity contribution is -0.150. The Balaban J connectivity index is 1.41. The van der Waals surface area contributed by atoms with Crippen LogP contribution in [0.25, 0.3) is 0 Å². The third-order valence-electron chi connectivity index (χ3n) is 5.80. The van der Waals surface area contributed by atoms with Gasteiger partial charge in [-0.1, -0.05) is 12.1 Å². The van der Waals surface area contributed by atoms with Gasteiger partial charge in [0.05, 0.1) is 23.3 Å². The Hall–Kier alpha value is -3.53. The molecular formula is C24H24N2O7S. The summed E-state index contributed by atoms with van der Waals surface area (Å²) in [5.74, 6) is -3.18. The zero-order valence-corrected chi connectivity index (χ0v) is 19.7. The number of esters is 2. The Bertz CT molecular complexity index is 1150. The lowest BCUT2D eigenvalue weighted by Gasteiger charge is -2.20. The minimum Gasteiger partial charge on any atom is -0.462 e. The topological polar surface area (TPSA) is 119 Å². The van der Waals surface area contributed by atoms with Crippen LogP contribution in [-0.2, 0) is 31.9 Å². The summed E-state index contributed by atoms with van der Waals surface area (Å²) in [5.41, 5.74) is 1.71. The molecule has 0 saturated carbocycles. The van der Waals surface area contributed by atoms with Crippen molar-refractivity contribution in [1.29, 1.82) is 0 Å². The van der Waals surface area contributed by atoms with Crippen molar-refractivity contribution in [2.75, 3.05) is 18.5 Å². The van der Waals surface area contributed by atoms with E-state index in [1.807, 2.05) is 0 Å². The average molecular weight is 485 g/mol. The molecule has 2 aliphatic rings. The fourth-order valence-corrected chi connectivity index (χ4v) is 5.45. The molecule has 4 rings (SSSR count). The van der Waals surface area contributed by atoms with Gasteiger partial charge in [-0.3, -0.25) is 19.3 Å². The first-order valence-electron chi connectivity index (χ1n) is 11.1. The monoisotopic (exact) mass is 484 g/mol. The van der Waals surface area contributed by atoms with E-state index in [2.05, 4.69) is 5.32 Å². The van der Waals surface area contributed by atoms with E-state index >= 15 is 0 Å². The predicted molar refractivity (Wildman–Crippen MR) is 123 cm³/mol. The van der Waals surface area contributed by atoms with Gasteiger partial charge in [-0.25, -0.2) is 9.59 Å². The number of aryl methyl sites for hydroxylation is 1. The number of amides is 3. The maximum Gasteiger partial charge on any atom is 0.341 e. The van der Waals surface area contributed by atoms with Gasteiger partial charge in [-0.15, -0.1) is 11.3 Å². The molecule has 1 aromatic carbocycles. The Kier molecular flexibility index (Phi) is 6.78. The quantitative estimate of drug-likeness (QED) is 0.474. The van der Waals surface area contributed by atoms with Crippen LogP contribution in [0, 0.1) is 0 Å². The van der Waals surface area contributed by atoms with Gasteiger partial charge in [-0.2, -0.15) is 0 Å². The van der Waals surface area contributed by atoms with Crippen molar-refractivity contribution in [2.24, 2.45) is 0 Å². The molecule has 1 aromatic heterocycles. The number of imide groups is 1. The number of nitrogens with zero attached hydrogens (tertiary/aromatic N) is 1. The van der Waals surface area contributed by atoms with Crippen LogP contribution < -0.4 is 5.32 Å². The number of carbonyl (C=O) groups excluding carboxylic acids is 5. The molecule has 9 nitrogen and oxygen atoms in total. The van der Waals surface area contributed by atoms with E-state index in [9.17, 15) is 24.0 Å². The molecule has 0 fully saturated rings. The summed E-state index contributed by atoms with van der Waals surface area (Å²) in [6, 6.07) is 5.09. The Morgan fingerprint density at radius 2 is 1.71 bits per heavy atom. The van der Waals surface area contributed by atoms with E-state index < -0.39 is 42.3 Å². The van der Waals surface area contributed by atoms with Crippen LogP contribution in [0.5, 0.6) is 0 Å². The van der Waals surface area contributed by atoms with Gasteiger partial charge in [0.15, 0.2) is 6.61 Å². The minimum atomic E-state index is -1.20. The smallest absolute Gasteiger partial charge is 0.341 e. The van der Waals surface area contributed by atoms with Gasteiger partial charge in [-0.05, 0) is 57.2 Å². The SMILES string of the molecule is CCOC(=O)c1c(NC(=O)COC(=O)C(C)N2C(=O)c3ccccc3C2=O)sc2c1CCCC2. The number of fused-ring (bicyclic) bond motifs is 2. The van der Waals surface area contributed by atoms with Crippen LogP contribution in [0.2, 0.25) is 0 Å². The maximum absolute atomic E-state index is 12.6. The molecule has 0 saturated heterocycles. The first-order valence-corrected chi connectivity index (χ1v) is 11.9. The molecule has 178 valence electrons. The molecule has 34 heavy (non-hydrogen) atoms. The van der Waals surface area contributed by atoms with Crippen LogP contribution in [0.4, 0.5) is 5.00 Å². The largest absolute Gasteiger partial charge is 0.462 e. The standard InChI is InChI=1S/C24H24N2O7S/c1-3-32-24(31)19-16-10-6-7-11-17(16)34-20(19)25-18(27)12-33-23(30)13(2)26-21(28)14-8-4-5-9-15(14)22(26)29/h4-5,8-9,13H,3,6-7,10-12H2,1-2H3,(H,25,27). The highest BCUT2D eigenvalue weighted by atomic mass is 32.1. The van der Waals surface area contributed by atoms with Gasteiger partial charge in [0.25, 0.3) is 17.7 Å². The summed E-state index contributed by atoms with van der Waals surface area (Å²) in [4.78, 5) is 64.6. The predicted octanol–water partition coefficient (Wildman–Crippen LogP) is 2.97. The molecular weight excluding hydrogens is 460 g/mol. The molecule has 1 unspecified atom stereocenters. The summed E-state index contributed by atoms with van der Waals surface area (Å²) < 4.78 is 10.3. The molecule has 2 heterocycles. The maximum atomic E-state index is 12.6. The summed E-state index contributed by atoms with van der Waals surface area (Å²) in [7, 11) is 0. The number of carbonyl (C=O) groups is 5. The normalized spacial score (nSPS) is 15.4. The molecule has 10 heteroatoms. The summed E-state index contributed by atoms with van der Waals surface area (Å²) in [6.45, 7) is 2.67. The van der Waals surface area contributed by atoms with Crippen LogP contribution in [0.1, 0.15) is 68.2 Å². The molecule has 1 aliphatic heterocycles. The first-order chi connectivity index (χ1) is 16.3. The molecule has 1 aliphatic carbocycles. The van der Waals surface area contributed by atoms with Gasteiger partial charge < -0.3 is 14.8 Å². The van der Waals surface area contributed by atoms with E-state index in [0.717, 1.165) is 41.0 Å². The van der Waals surface area contributed by atoms with Crippen molar-refractivity contribution in [3.8, 4) is 0 Å². The van der Waals surface area contributed by atoms with Crippen molar-refractivity contribution in [2.45, 2.75) is 45.6 Å². The van der Waals surface area contributed by atoms with E-state index in [4.69, 9.17) is 9.47 Å². The molecule has 2 aromatic rings. The highest BCUT2D eigenvalue weighted by Crippen LogP contribution is 2.38. The molecule has 1 N–H and O–H groups in total. The minimum absolute atomic E-state index is 0.212. The van der Waals surface area contributed by atoms with Crippen LogP contribution in [0.15, 0.2) is 24.3 Å². The molecule has 0 spiro atoms. The average Bonchev–Trinajstić information content (AvgIpc) is 3.31. The summed E-state index contributed by atoms with van der Waals surface area (Å²) in [5, 5.41) is 3.03. The number of hydrogen-bond donors (Lipinski definition) is 1. The molecule has 3 amide bonds. The Morgan fingerprint density at radius 3 is 2.35 bits per heavy atom. The number of anilines is 1. The Labute approximate surface area is 200 Å². The fourth-order valence-electron chi connectivity index (χ4n) is 4.16. The summed E-state index contributed by atoms with van der Waals surface area (Å²) in [6.07, 6.45) is 3.53. The number of rotatable bonds is 7. The third-order valence-corrected chi connectivity index (χ3v) is 7.01. The van der Waals surface area contributed by atoms with Gasteiger partial charge in [0.1, 0.15) is 11.0 Å². The van der Waals surface area contributed by atoms with Gasteiger partial charge in [0.2, 0.25) is 0 Å². The van der Waals surface area contributed by atoms with Crippen molar-refractivity contribution in [3.05, 3.63) is 51.4 Å². The number of ether oxygens (including phenoxy) is 2. The lowest BCUT2D eigenvalue weighted by atomic mass is 9.95. The number of nitrogens with one attached hydrogen (secondary N) is 1. The zero-order valence-electron chi connectivity index (χ0n) is 18.8. The van der Waals surface area contributed by atoms with E-state index in [-0.39, 0.29) is 17.7 Å². The van der Waals surface area contributed by atoms with E-state index in [1.54, 1.807) is 19.1 Å². The summed E-state index contributed by atoms with van der Waals surface area (Å²) >= 11 is 1.33. The highest BCUT2D eigenvalue weighted by Gasteiger charge is 2.41. The highest BCUT2D eigenvalue weighted by molar-refractivity contribution is 7.17. The lowest BCUT2D eigenvalue weighted by Crippen LogP contribution is -2.44. The number of thiophene rings is 1. The van der Waals surface area contributed by atoms with E-state index in [0.29, 0.717) is 10.6 Å². The van der Waals surface area contributed by atoms with Gasteiger partial charge >= 0.3 is 11.9 Å². The molecule has 0 radical (unpaired) electrons. The van der Waals surface area contributed by atoms with Crippen LogP contribution in [-0.4, -0.2) is 53.8 Å². The number of hydrogen-bond acceptors (Lipinski definition) is 8. The number of benzene rings is 1. The van der Waals surface area contributed by atoms with Crippen molar-refractivity contribution in [1.82, 2.24) is 4.90 Å². The van der Waals surface area contributed by atoms with Gasteiger partial charge in [0, 0.05) is 4.88 Å². The van der Waals surface area contributed by atoms with Crippen molar-refractivity contribution < 1.29 is 33.4 Å². The van der Waals surface area contributed by atoms with Crippen molar-refractivity contribution >= 4 is 46.0 Å². The molecule has 1 atom stereocenters. The van der Waals surface area contributed by atoms with Crippen LogP contribution in [0.3, 0.4) is 0 Å². The second-order valence-corrected chi connectivity index (χ2v) is 9.10. The van der Waals surface area contributed by atoms with Crippen LogP contribution >= 0.6 is 11.3 Å². The Morgan fingerprint density at radius 1 is 1.06 bits per heavy atom. The fraction of sp³-hybridized carbons (Fsp3) is 0.375. The second kappa shape index (κ2) is 9.76. The molecule has 0 bridgehead atoms. The first kappa shape index (κ1) is 23.6. The van der Waals surface area contributed by atoms with E-state index in [1.165, 1.54) is 30.4 Å². The third kappa shape index (κ3) is 4.33. The zero-order chi connectivity index (χ0) is 24.4. The van der Waals surface area contributed by atoms with Crippen molar-refractivity contribution in [3.63, 3.8) is 0 Å².